The minimum Gasteiger partial charge on any atom is -0.508 e. The molecule has 2 N–H and O–H groups in total. The zero-order chi connectivity index (χ0) is 29.9. The maximum atomic E-state index is 16.8. The summed E-state index contributed by atoms with van der Waals surface area (Å²) < 4.78 is 23.0. The highest BCUT2D eigenvalue weighted by atomic mass is 35.5. The molecule has 230 valence electrons. The molecule has 0 aliphatic carbocycles. The lowest BCUT2D eigenvalue weighted by Crippen LogP contribution is -2.51. The number of hydrogen-bond donors (Lipinski definition) is 2. The molecular weight excluding hydrogens is 577 g/mol. The van der Waals surface area contributed by atoms with Crippen LogP contribution in [0.1, 0.15) is 56.9 Å². The first kappa shape index (κ1) is 28.3. The zero-order valence-corrected chi connectivity index (χ0v) is 25.9. The Kier molecular flexibility index (Phi) is 7.27. The summed E-state index contributed by atoms with van der Waals surface area (Å²) in [5.74, 6) is 0.235. The van der Waals surface area contributed by atoms with E-state index in [1.807, 2.05) is 31.2 Å². The smallest absolute Gasteiger partial charge is 0.319 e. The van der Waals surface area contributed by atoms with Crippen molar-refractivity contribution in [3.05, 3.63) is 52.8 Å². The number of aryl methyl sites for hydroxylation is 1. The Morgan fingerprint density at radius 3 is 2.45 bits per heavy atom. The Morgan fingerprint density at radius 2 is 1.70 bits per heavy atom. The molecule has 4 bridgehead atoms. The number of halogens is 2. The van der Waals surface area contributed by atoms with Crippen LogP contribution in [0.15, 0.2) is 36.4 Å². The van der Waals surface area contributed by atoms with Crippen molar-refractivity contribution >= 4 is 39.1 Å². The maximum absolute atomic E-state index is 16.8. The first-order valence-corrected chi connectivity index (χ1v) is 16.6. The van der Waals surface area contributed by atoms with E-state index in [2.05, 4.69) is 20.1 Å². The summed E-state index contributed by atoms with van der Waals surface area (Å²) in [6, 6.07) is 13.5. The molecule has 3 aromatic carbocycles. The zero-order valence-electron chi connectivity index (χ0n) is 25.2. The van der Waals surface area contributed by atoms with E-state index in [9.17, 15) is 5.11 Å². The number of hydrogen-bond acceptors (Lipinski definition) is 7. The molecule has 4 aliphatic heterocycles. The van der Waals surface area contributed by atoms with Crippen molar-refractivity contribution in [2.45, 2.75) is 82.5 Å². The molecule has 8 rings (SSSR count). The number of benzene rings is 3. The van der Waals surface area contributed by atoms with Crippen LogP contribution < -0.4 is 15.0 Å². The van der Waals surface area contributed by atoms with Gasteiger partial charge < -0.3 is 20.1 Å². The summed E-state index contributed by atoms with van der Waals surface area (Å²) >= 11 is 6.92. The van der Waals surface area contributed by atoms with Crippen molar-refractivity contribution in [1.82, 2.24) is 20.2 Å². The third-order valence-electron chi connectivity index (χ3n) is 10.6. The summed E-state index contributed by atoms with van der Waals surface area (Å²) in [6.07, 6.45) is 9.70. The third kappa shape index (κ3) is 4.86. The number of aromatic nitrogens is 2. The first-order valence-electron chi connectivity index (χ1n) is 16.3. The molecule has 7 nitrogen and oxygen atoms in total. The Balaban J connectivity index is 1.18. The van der Waals surface area contributed by atoms with Crippen molar-refractivity contribution in [1.29, 1.82) is 0 Å². The highest BCUT2D eigenvalue weighted by Crippen LogP contribution is 2.44. The van der Waals surface area contributed by atoms with Gasteiger partial charge in [0.15, 0.2) is 5.82 Å². The van der Waals surface area contributed by atoms with Crippen LogP contribution in [-0.4, -0.2) is 70.4 Å². The number of piperidine rings is 1. The lowest BCUT2D eigenvalue weighted by Gasteiger charge is -2.35. The summed E-state index contributed by atoms with van der Waals surface area (Å²) in [7, 11) is 0. The molecular formula is C35H39ClFN5O2. The number of nitrogens with one attached hydrogen (secondary N) is 1. The Bertz CT molecular complexity index is 1720. The van der Waals surface area contributed by atoms with E-state index in [4.69, 9.17) is 21.3 Å². The van der Waals surface area contributed by atoms with Gasteiger partial charge in [0.2, 0.25) is 0 Å². The average molecular weight is 616 g/mol. The van der Waals surface area contributed by atoms with E-state index in [-0.39, 0.29) is 27.9 Å². The number of nitrogens with zero attached hydrogens (tertiary/aromatic N) is 4. The third-order valence-corrected chi connectivity index (χ3v) is 10.8. The van der Waals surface area contributed by atoms with Gasteiger partial charge in [-0.15, -0.1) is 0 Å². The second-order valence-electron chi connectivity index (χ2n) is 13.2. The van der Waals surface area contributed by atoms with Crippen LogP contribution in [0.25, 0.3) is 32.8 Å². The molecule has 0 amide bonds. The van der Waals surface area contributed by atoms with Crippen LogP contribution >= 0.6 is 11.6 Å². The predicted octanol–water partition coefficient (Wildman–Crippen LogP) is 6.98. The van der Waals surface area contributed by atoms with Crippen LogP contribution in [0, 0.1) is 12.7 Å². The van der Waals surface area contributed by atoms with Gasteiger partial charge in [-0.1, -0.05) is 42.3 Å². The van der Waals surface area contributed by atoms with Crippen molar-refractivity contribution in [3.8, 4) is 22.9 Å². The number of aromatic hydroxyl groups is 1. The summed E-state index contributed by atoms with van der Waals surface area (Å²) in [6.45, 7) is 4.93. The van der Waals surface area contributed by atoms with Gasteiger partial charge in [0.05, 0.1) is 11.6 Å². The van der Waals surface area contributed by atoms with Crippen molar-refractivity contribution in [2.24, 2.45) is 0 Å². The Hall–Kier alpha value is -3.20. The van der Waals surface area contributed by atoms with Crippen molar-refractivity contribution < 1.29 is 14.2 Å². The molecule has 0 spiro atoms. The number of phenols is 1. The van der Waals surface area contributed by atoms with E-state index < -0.39 is 5.82 Å². The highest BCUT2D eigenvalue weighted by molar-refractivity contribution is 6.35. The topological polar surface area (TPSA) is 73.8 Å². The van der Waals surface area contributed by atoms with Gasteiger partial charge in [-0.3, -0.25) is 4.90 Å². The standard InChI is InChI=1S/C35H39ClFN5O2/c1-20-25-8-2-3-9-26(25)27(17-30(20)43)31-29(36)16-28-33(32(31)37)39-35(40-34(28)41-18-21-10-11-22(19-41)38-21)44-15-5-14-42-23-6-4-7-24(42)13-12-23/h2-3,8-9,16-17,21-24,38,43H,4-7,10-15,18-19H2,1H3. The number of ether oxygens (including phenoxy) is 1. The minimum atomic E-state index is -0.530. The van der Waals surface area contributed by atoms with Crippen LogP contribution in [0.3, 0.4) is 0 Å². The molecule has 44 heavy (non-hydrogen) atoms. The summed E-state index contributed by atoms with van der Waals surface area (Å²) in [5, 5.41) is 17.0. The molecule has 4 aromatic rings. The fourth-order valence-corrected chi connectivity index (χ4v) is 8.69. The molecule has 0 saturated carbocycles. The van der Waals surface area contributed by atoms with Crippen LogP contribution in [-0.2, 0) is 0 Å². The molecule has 4 fully saturated rings. The van der Waals surface area contributed by atoms with Gasteiger partial charge in [0.25, 0.3) is 0 Å². The highest BCUT2D eigenvalue weighted by Gasteiger charge is 2.36. The summed E-state index contributed by atoms with van der Waals surface area (Å²) in [5.41, 5.74) is 1.69. The molecule has 1 aromatic heterocycles. The monoisotopic (exact) mass is 615 g/mol. The Labute approximate surface area is 262 Å². The molecule has 0 radical (unpaired) electrons. The van der Waals surface area contributed by atoms with E-state index in [0.29, 0.717) is 35.5 Å². The number of piperazine rings is 1. The van der Waals surface area contributed by atoms with Crippen molar-refractivity contribution in [3.63, 3.8) is 0 Å². The minimum absolute atomic E-state index is 0.0973. The van der Waals surface area contributed by atoms with E-state index in [1.54, 1.807) is 12.1 Å². The molecule has 9 heteroatoms. The van der Waals surface area contributed by atoms with Gasteiger partial charge in [-0.25, -0.2) is 4.39 Å². The lowest BCUT2D eigenvalue weighted by atomic mass is 9.93. The second kappa shape index (κ2) is 11.3. The lowest BCUT2D eigenvalue weighted by molar-refractivity contribution is 0.129. The van der Waals surface area contributed by atoms with Gasteiger partial charge in [0.1, 0.15) is 17.1 Å². The number of anilines is 1. The maximum Gasteiger partial charge on any atom is 0.319 e. The molecule has 4 saturated heterocycles. The number of fused-ring (bicyclic) bond motifs is 6. The van der Waals surface area contributed by atoms with Gasteiger partial charge in [-0.05, 0) is 85.9 Å². The Morgan fingerprint density at radius 1 is 0.977 bits per heavy atom. The number of rotatable bonds is 7. The fourth-order valence-electron chi connectivity index (χ4n) is 8.39. The van der Waals surface area contributed by atoms with Crippen molar-refractivity contribution in [2.75, 3.05) is 31.1 Å². The first-order chi connectivity index (χ1) is 21.4. The molecule has 4 unspecified atom stereocenters. The largest absolute Gasteiger partial charge is 0.508 e. The van der Waals surface area contributed by atoms with Crippen LogP contribution in [0.5, 0.6) is 11.8 Å². The number of phenolic OH excluding ortho intramolecular Hbond substituents is 1. The van der Waals surface area contributed by atoms with E-state index in [1.165, 1.54) is 32.1 Å². The normalized spacial score (nSPS) is 24.9. The fraction of sp³-hybridized carbons (Fsp3) is 0.486. The van der Waals surface area contributed by atoms with Gasteiger partial charge in [-0.2, -0.15) is 9.97 Å². The predicted molar refractivity (Wildman–Crippen MR) is 173 cm³/mol. The quantitative estimate of drug-likeness (QED) is 0.217. The SMILES string of the molecule is Cc1c(O)cc(-c2c(Cl)cc3c(N4CC5CCC(C4)N5)nc(OCCCN4C5CCCC4CC5)nc3c2F)c2ccccc12. The van der Waals surface area contributed by atoms with Crippen LogP contribution in [0.4, 0.5) is 10.2 Å². The molecule has 4 atom stereocenters. The van der Waals surface area contributed by atoms with E-state index >= 15 is 4.39 Å². The van der Waals surface area contributed by atoms with E-state index in [0.717, 1.165) is 67.3 Å². The second-order valence-corrected chi connectivity index (χ2v) is 13.6. The van der Waals surface area contributed by atoms with Gasteiger partial charge in [0, 0.05) is 54.8 Å². The summed E-state index contributed by atoms with van der Waals surface area (Å²) in [4.78, 5) is 14.5. The molecule has 4 aliphatic rings. The van der Waals surface area contributed by atoms with Gasteiger partial charge >= 0.3 is 6.01 Å². The average Bonchev–Trinajstić information content (AvgIpc) is 3.47. The molecule has 5 heterocycles. The van der Waals surface area contributed by atoms with Crippen LogP contribution in [0.2, 0.25) is 5.02 Å².